The van der Waals surface area contributed by atoms with Gasteiger partial charge in [-0.05, 0) is 18.7 Å². The number of nitrogens with one attached hydrogen (secondary N) is 1. The van der Waals surface area contributed by atoms with Crippen molar-refractivity contribution in [2.45, 2.75) is 13.4 Å². The number of piperazine rings is 1. The third kappa shape index (κ3) is 5.24. The van der Waals surface area contributed by atoms with E-state index in [1.54, 1.807) is 0 Å². The van der Waals surface area contributed by atoms with E-state index in [1.807, 2.05) is 24.3 Å². The van der Waals surface area contributed by atoms with Gasteiger partial charge in [-0.25, -0.2) is 0 Å². The van der Waals surface area contributed by atoms with Gasteiger partial charge in [0.05, 0.1) is 7.85 Å². The summed E-state index contributed by atoms with van der Waals surface area (Å²) in [6.45, 7) is 7.00. The first-order chi connectivity index (χ1) is 9.66. The molecule has 1 amide bonds. The molecule has 1 saturated heterocycles. The van der Waals surface area contributed by atoms with E-state index in [9.17, 15) is 4.79 Å². The number of hydrogen-bond acceptors (Lipinski definition) is 3. The van der Waals surface area contributed by atoms with Gasteiger partial charge in [0.2, 0.25) is 0 Å². The van der Waals surface area contributed by atoms with E-state index in [4.69, 9.17) is 0 Å². The van der Waals surface area contributed by atoms with Crippen LogP contribution in [0.2, 0.25) is 6.82 Å². The van der Waals surface area contributed by atoms with Crippen LogP contribution in [0.25, 0.3) is 0 Å². The second-order valence-electron chi connectivity index (χ2n) is 4.68. The molecule has 1 fully saturated rings. The van der Waals surface area contributed by atoms with Gasteiger partial charge in [-0.1, -0.05) is 34.4 Å². The summed E-state index contributed by atoms with van der Waals surface area (Å²) in [5, 5.41) is 2.75. The predicted molar refractivity (Wildman–Crippen MR) is 88.0 cm³/mol. The third-order valence-electron chi connectivity index (χ3n) is 3.24. The Hall–Kier alpha value is -0.895. The van der Waals surface area contributed by atoms with Crippen LogP contribution < -0.4 is 5.32 Å². The molecule has 1 aromatic rings. The Kier molecular flexibility index (Phi) is 7.82. The van der Waals surface area contributed by atoms with Crippen molar-refractivity contribution in [3.05, 3.63) is 35.4 Å². The highest BCUT2D eigenvalue weighted by Crippen LogP contribution is 2.13. The fourth-order valence-electron chi connectivity index (χ4n) is 1.99. The van der Waals surface area contributed by atoms with Crippen molar-refractivity contribution in [3.8, 4) is 0 Å². The molecule has 20 heavy (non-hydrogen) atoms. The number of carbonyl (C=O) groups excluding carboxylic acids is 1. The molecular weight excluding hydrogens is 268 g/mol. The maximum atomic E-state index is 11.0. The molecule has 1 unspecified atom stereocenters. The molecule has 1 atom stereocenters. The summed E-state index contributed by atoms with van der Waals surface area (Å²) in [5.41, 5.74) is 1.93. The molecule has 1 N–H and O–H groups in total. The monoisotopic (exact) mass is 291 g/mol. The van der Waals surface area contributed by atoms with Crippen molar-refractivity contribution >= 4 is 23.1 Å². The van der Waals surface area contributed by atoms with E-state index in [1.165, 1.54) is 33.0 Å². The number of likely N-dealkylation sites (N-methyl/N-ethyl adjacent to an activating group) is 1. The number of nitrogens with zero attached hydrogens (tertiary/aromatic N) is 2. The van der Waals surface area contributed by atoms with E-state index in [0.29, 0.717) is 6.54 Å². The van der Waals surface area contributed by atoms with E-state index in [0.717, 1.165) is 11.1 Å². The SMILES string of the molecule is CN1CCN(P)CC1.O=C1NCc2ccccc21.[B]C. The number of fused-ring (bicyclic) bond motifs is 1. The second-order valence-corrected chi connectivity index (χ2v) is 5.41. The Balaban J connectivity index is 0.000000182. The molecule has 0 bridgehead atoms. The predicted octanol–water partition coefficient (Wildman–Crippen LogP) is 1.16. The van der Waals surface area contributed by atoms with E-state index < -0.39 is 0 Å². The first-order valence-corrected chi connectivity index (χ1v) is 7.30. The van der Waals surface area contributed by atoms with Crippen molar-refractivity contribution in [2.24, 2.45) is 0 Å². The minimum absolute atomic E-state index is 0.0515. The smallest absolute Gasteiger partial charge is 0.251 e. The normalized spacial score (nSPS) is 18.1. The van der Waals surface area contributed by atoms with Gasteiger partial charge in [-0.2, -0.15) is 0 Å². The highest BCUT2D eigenvalue weighted by Gasteiger charge is 2.16. The number of benzene rings is 1. The first-order valence-electron chi connectivity index (χ1n) is 6.79. The zero-order chi connectivity index (χ0) is 15.0. The average molecular weight is 291 g/mol. The van der Waals surface area contributed by atoms with Crippen LogP contribution in [0.3, 0.4) is 0 Å². The van der Waals surface area contributed by atoms with Crippen molar-refractivity contribution < 1.29 is 4.79 Å². The van der Waals surface area contributed by atoms with Gasteiger partial charge in [0.1, 0.15) is 0 Å². The van der Waals surface area contributed by atoms with Crippen LogP contribution in [-0.4, -0.2) is 56.6 Å². The number of hydrogen-bond donors (Lipinski definition) is 1. The summed E-state index contributed by atoms with van der Waals surface area (Å²) >= 11 is 0. The zero-order valence-corrected chi connectivity index (χ0v) is 13.5. The Morgan fingerprint density at radius 1 is 1.15 bits per heavy atom. The quantitative estimate of drug-likeness (QED) is 0.575. The summed E-state index contributed by atoms with van der Waals surface area (Å²) in [5.74, 6) is 0.0515. The van der Waals surface area contributed by atoms with E-state index >= 15 is 0 Å². The first kappa shape index (κ1) is 17.2. The lowest BCUT2D eigenvalue weighted by atomic mass is 10.1. The van der Waals surface area contributed by atoms with Crippen LogP contribution in [0.5, 0.6) is 0 Å². The molecule has 4 nitrogen and oxygen atoms in total. The van der Waals surface area contributed by atoms with Gasteiger partial charge in [0, 0.05) is 38.3 Å². The zero-order valence-electron chi connectivity index (χ0n) is 12.3. The molecule has 2 aliphatic rings. The lowest BCUT2D eigenvalue weighted by molar-refractivity contribution is 0.0966. The van der Waals surface area contributed by atoms with Crippen LogP contribution in [0, 0.1) is 0 Å². The molecule has 0 spiro atoms. The molecule has 2 aliphatic heterocycles. The lowest BCUT2D eigenvalue weighted by Crippen LogP contribution is -2.39. The summed E-state index contributed by atoms with van der Waals surface area (Å²) in [6.07, 6.45) is 0. The lowest BCUT2D eigenvalue weighted by Gasteiger charge is -2.28. The third-order valence-corrected chi connectivity index (χ3v) is 3.76. The molecule has 3 rings (SSSR count). The van der Waals surface area contributed by atoms with Crippen molar-refractivity contribution in [3.63, 3.8) is 0 Å². The average Bonchev–Trinajstić information content (AvgIpc) is 2.87. The van der Waals surface area contributed by atoms with Gasteiger partial charge >= 0.3 is 0 Å². The second kappa shape index (κ2) is 9.12. The fraction of sp³-hybridized carbons (Fsp3) is 0.500. The Bertz CT molecular complexity index is 413. The molecule has 0 saturated carbocycles. The molecule has 2 radical (unpaired) electrons. The minimum Gasteiger partial charge on any atom is -0.348 e. The number of rotatable bonds is 0. The molecule has 0 aliphatic carbocycles. The molecule has 6 heteroatoms. The number of amides is 1. The largest absolute Gasteiger partial charge is 0.348 e. The topological polar surface area (TPSA) is 35.6 Å². The van der Waals surface area contributed by atoms with Gasteiger partial charge in [0.25, 0.3) is 5.91 Å². The summed E-state index contributed by atoms with van der Waals surface area (Å²) in [4.78, 5) is 13.3. The van der Waals surface area contributed by atoms with Gasteiger partial charge in [-0.3, -0.25) is 9.46 Å². The number of carbonyl (C=O) groups is 1. The van der Waals surface area contributed by atoms with Gasteiger partial charge < -0.3 is 10.2 Å². The Morgan fingerprint density at radius 2 is 1.75 bits per heavy atom. The van der Waals surface area contributed by atoms with Crippen LogP contribution in [-0.2, 0) is 6.54 Å². The fourth-order valence-corrected chi connectivity index (χ4v) is 2.22. The van der Waals surface area contributed by atoms with Gasteiger partial charge in [0.15, 0.2) is 0 Å². The van der Waals surface area contributed by atoms with Crippen LogP contribution in [0.1, 0.15) is 15.9 Å². The Morgan fingerprint density at radius 3 is 2.30 bits per heavy atom. The van der Waals surface area contributed by atoms with Crippen molar-refractivity contribution in [1.29, 1.82) is 0 Å². The van der Waals surface area contributed by atoms with Crippen LogP contribution >= 0.6 is 9.39 Å². The van der Waals surface area contributed by atoms with E-state index in [2.05, 4.69) is 39.2 Å². The van der Waals surface area contributed by atoms with Crippen LogP contribution in [0.4, 0.5) is 0 Å². The summed E-state index contributed by atoms with van der Waals surface area (Å²) < 4.78 is 2.28. The molecular formula is C14H23BN3OP. The summed E-state index contributed by atoms with van der Waals surface area (Å²) in [7, 11) is 9.39. The minimum atomic E-state index is 0.0515. The van der Waals surface area contributed by atoms with Crippen molar-refractivity contribution in [1.82, 2.24) is 14.9 Å². The van der Waals surface area contributed by atoms with Crippen LogP contribution in [0.15, 0.2) is 24.3 Å². The Labute approximate surface area is 125 Å². The van der Waals surface area contributed by atoms with E-state index in [-0.39, 0.29) is 5.91 Å². The maximum absolute atomic E-state index is 11.0. The standard InChI is InChI=1S/C8H7NO.C5H13N2P.CH3B/c10-8-7-4-2-1-3-6(7)5-9-8;1-6-2-4-7(8)5-3-6;1-2/h1-4H,5H2,(H,9,10);2-5,8H2,1H3;1H3. The highest BCUT2D eigenvalue weighted by molar-refractivity contribution is 7.13. The summed E-state index contributed by atoms with van der Waals surface area (Å²) in [6, 6.07) is 7.63. The highest BCUT2D eigenvalue weighted by atomic mass is 31.0. The molecule has 1 aromatic carbocycles. The maximum Gasteiger partial charge on any atom is 0.251 e. The molecule has 2 heterocycles. The molecule has 108 valence electrons. The molecule has 0 aromatic heterocycles. The van der Waals surface area contributed by atoms with Gasteiger partial charge in [-0.15, -0.1) is 0 Å². The van der Waals surface area contributed by atoms with Crippen molar-refractivity contribution in [2.75, 3.05) is 33.2 Å².